The summed E-state index contributed by atoms with van der Waals surface area (Å²) in [5.74, 6) is 0.775. The predicted molar refractivity (Wildman–Crippen MR) is 116 cm³/mol. The van der Waals surface area contributed by atoms with E-state index in [0.717, 1.165) is 11.3 Å². The van der Waals surface area contributed by atoms with Crippen LogP contribution in [0.25, 0.3) is 11.5 Å². The zero-order chi connectivity index (χ0) is 22.8. The van der Waals surface area contributed by atoms with E-state index in [0.29, 0.717) is 28.6 Å². The molecule has 2 heterocycles. The summed E-state index contributed by atoms with van der Waals surface area (Å²) in [6, 6.07) is 11.4. The number of carbonyl (C=O) groups is 1. The van der Waals surface area contributed by atoms with E-state index in [1.165, 1.54) is 16.8 Å². The molecule has 0 atom stereocenters. The van der Waals surface area contributed by atoms with Crippen molar-refractivity contribution in [1.82, 2.24) is 20.0 Å². The number of anilines is 2. The molecular formula is C22H21FN6O3. The third-order valence-corrected chi connectivity index (χ3v) is 4.97. The van der Waals surface area contributed by atoms with Crippen molar-refractivity contribution in [2.24, 2.45) is 0 Å². The van der Waals surface area contributed by atoms with Gasteiger partial charge in [0.1, 0.15) is 23.0 Å². The first-order valence-electron chi connectivity index (χ1n) is 9.73. The molecule has 1 amide bonds. The maximum absolute atomic E-state index is 13.5. The van der Waals surface area contributed by atoms with E-state index in [1.807, 2.05) is 24.3 Å². The van der Waals surface area contributed by atoms with Gasteiger partial charge in [0.2, 0.25) is 5.89 Å². The Balaban J connectivity index is 1.53. The summed E-state index contributed by atoms with van der Waals surface area (Å²) < 4.78 is 25.8. The largest absolute Gasteiger partial charge is 0.497 e. The normalized spacial score (nSPS) is 10.9. The summed E-state index contributed by atoms with van der Waals surface area (Å²) in [5.41, 5.74) is 8.46. The fraction of sp³-hybridized carbons (Fsp3) is 0.182. The lowest BCUT2D eigenvalue weighted by molar-refractivity contribution is 0.102. The monoisotopic (exact) mass is 436 g/mol. The molecule has 4 rings (SSSR count). The average Bonchev–Trinajstić information content (AvgIpc) is 3.33. The molecule has 0 aliphatic carbocycles. The summed E-state index contributed by atoms with van der Waals surface area (Å²) in [6.45, 7) is 3.70. The van der Waals surface area contributed by atoms with Crippen molar-refractivity contribution in [3.63, 3.8) is 0 Å². The van der Waals surface area contributed by atoms with Crippen molar-refractivity contribution in [2.45, 2.75) is 20.4 Å². The number of ether oxygens (including phenoxy) is 1. The lowest BCUT2D eigenvalue weighted by Crippen LogP contribution is -2.16. The number of amides is 1. The number of halogens is 1. The highest BCUT2D eigenvalue weighted by atomic mass is 19.1. The second-order valence-corrected chi connectivity index (χ2v) is 7.14. The van der Waals surface area contributed by atoms with E-state index in [-0.39, 0.29) is 18.1 Å². The van der Waals surface area contributed by atoms with Gasteiger partial charge in [-0.15, -0.1) is 5.10 Å². The van der Waals surface area contributed by atoms with Crippen LogP contribution in [0.3, 0.4) is 0 Å². The quantitative estimate of drug-likeness (QED) is 0.474. The van der Waals surface area contributed by atoms with E-state index >= 15 is 0 Å². The van der Waals surface area contributed by atoms with Gasteiger partial charge in [-0.2, -0.15) is 0 Å². The van der Waals surface area contributed by atoms with E-state index < -0.39 is 11.7 Å². The fourth-order valence-electron chi connectivity index (χ4n) is 3.08. The van der Waals surface area contributed by atoms with Crippen LogP contribution in [0.15, 0.2) is 46.9 Å². The number of nitrogens with one attached hydrogen (secondary N) is 1. The minimum atomic E-state index is -0.585. The second-order valence-electron chi connectivity index (χ2n) is 7.14. The van der Waals surface area contributed by atoms with Gasteiger partial charge in [-0.25, -0.2) is 14.1 Å². The van der Waals surface area contributed by atoms with Gasteiger partial charge in [-0.3, -0.25) is 4.79 Å². The molecule has 164 valence electrons. The van der Waals surface area contributed by atoms with Crippen LogP contribution in [0.2, 0.25) is 0 Å². The number of aryl methyl sites for hydroxylation is 2. The minimum absolute atomic E-state index is 0.0601. The maximum Gasteiger partial charge on any atom is 0.280 e. The van der Waals surface area contributed by atoms with Crippen molar-refractivity contribution >= 4 is 17.4 Å². The smallest absolute Gasteiger partial charge is 0.280 e. The number of nitrogens with two attached hydrogens (primary N) is 1. The number of hydrogen-bond acceptors (Lipinski definition) is 7. The first-order chi connectivity index (χ1) is 15.4. The van der Waals surface area contributed by atoms with Gasteiger partial charge in [0.15, 0.2) is 11.5 Å². The Morgan fingerprint density at radius 3 is 2.69 bits per heavy atom. The lowest BCUT2D eigenvalue weighted by atomic mass is 10.2. The molecule has 0 unspecified atom stereocenters. The molecule has 10 heteroatoms. The molecule has 2 aromatic carbocycles. The molecule has 32 heavy (non-hydrogen) atoms. The van der Waals surface area contributed by atoms with Gasteiger partial charge in [-0.1, -0.05) is 11.3 Å². The van der Waals surface area contributed by atoms with Crippen LogP contribution in [0.4, 0.5) is 15.9 Å². The molecule has 3 N–H and O–H groups in total. The van der Waals surface area contributed by atoms with Crippen molar-refractivity contribution in [2.75, 3.05) is 18.2 Å². The van der Waals surface area contributed by atoms with E-state index in [9.17, 15) is 9.18 Å². The van der Waals surface area contributed by atoms with Gasteiger partial charge in [0.05, 0.1) is 13.7 Å². The SMILES string of the molecule is COc1ccc(-c2nc(Cn3nnc(C(=O)Nc4cc(F)ccc4C)c3N)c(C)o2)cc1. The third kappa shape index (κ3) is 4.15. The Labute approximate surface area is 183 Å². The van der Waals surface area contributed by atoms with E-state index in [1.54, 1.807) is 27.0 Å². The summed E-state index contributed by atoms with van der Waals surface area (Å²) in [7, 11) is 1.60. The van der Waals surface area contributed by atoms with Gasteiger partial charge >= 0.3 is 0 Å². The van der Waals surface area contributed by atoms with E-state index in [4.69, 9.17) is 14.9 Å². The summed E-state index contributed by atoms with van der Waals surface area (Å²) in [5, 5.41) is 10.5. The van der Waals surface area contributed by atoms with Gasteiger partial charge in [0.25, 0.3) is 5.91 Å². The first-order valence-corrected chi connectivity index (χ1v) is 9.73. The molecule has 0 aliphatic rings. The van der Waals surface area contributed by atoms with E-state index in [2.05, 4.69) is 20.6 Å². The Morgan fingerprint density at radius 1 is 1.22 bits per heavy atom. The van der Waals surface area contributed by atoms with Gasteiger partial charge in [-0.05, 0) is 55.8 Å². The molecule has 0 saturated heterocycles. The zero-order valence-electron chi connectivity index (χ0n) is 17.7. The van der Waals surface area contributed by atoms with Crippen LogP contribution >= 0.6 is 0 Å². The average molecular weight is 436 g/mol. The molecule has 9 nitrogen and oxygen atoms in total. The van der Waals surface area contributed by atoms with Gasteiger partial charge < -0.3 is 20.2 Å². The van der Waals surface area contributed by atoms with Crippen LogP contribution in [0.1, 0.15) is 27.5 Å². The van der Waals surface area contributed by atoms with Crippen molar-refractivity contribution in [1.29, 1.82) is 0 Å². The Morgan fingerprint density at radius 2 is 1.97 bits per heavy atom. The number of hydrogen-bond donors (Lipinski definition) is 2. The van der Waals surface area contributed by atoms with Crippen molar-refractivity contribution in [3.8, 4) is 17.2 Å². The summed E-state index contributed by atoms with van der Waals surface area (Å²) in [6.07, 6.45) is 0. The maximum atomic E-state index is 13.5. The Hall–Kier alpha value is -4.21. The summed E-state index contributed by atoms with van der Waals surface area (Å²) in [4.78, 5) is 17.1. The highest BCUT2D eigenvalue weighted by Gasteiger charge is 2.20. The number of oxazole rings is 1. The molecule has 0 fully saturated rings. The van der Waals surface area contributed by atoms with Crippen molar-refractivity contribution < 1.29 is 18.3 Å². The van der Waals surface area contributed by atoms with Crippen LogP contribution in [0.5, 0.6) is 5.75 Å². The first kappa shape index (κ1) is 21.0. The second kappa shape index (κ2) is 8.50. The number of nitrogens with zero attached hydrogens (tertiary/aromatic N) is 4. The number of benzene rings is 2. The zero-order valence-corrected chi connectivity index (χ0v) is 17.7. The van der Waals surface area contributed by atoms with Crippen LogP contribution in [-0.4, -0.2) is 33.0 Å². The van der Waals surface area contributed by atoms with Crippen LogP contribution in [-0.2, 0) is 6.54 Å². The molecule has 0 saturated carbocycles. The standard InChI is InChI=1S/C22H21FN6O3/c1-12-4-7-15(23)10-17(12)25-21(30)19-20(24)29(28-27-19)11-18-13(2)32-22(26-18)14-5-8-16(31-3)9-6-14/h4-10H,11,24H2,1-3H3,(H,25,30). The minimum Gasteiger partial charge on any atom is -0.497 e. The van der Waals surface area contributed by atoms with Crippen LogP contribution in [0, 0.1) is 19.7 Å². The molecular weight excluding hydrogens is 415 g/mol. The lowest BCUT2D eigenvalue weighted by Gasteiger charge is -2.07. The highest BCUT2D eigenvalue weighted by Crippen LogP contribution is 2.25. The highest BCUT2D eigenvalue weighted by molar-refractivity contribution is 6.06. The number of rotatable bonds is 6. The van der Waals surface area contributed by atoms with Crippen molar-refractivity contribution in [3.05, 3.63) is 71.0 Å². The Bertz CT molecular complexity index is 1280. The van der Waals surface area contributed by atoms with Gasteiger partial charge in [0, 0.05) is 11.3 Å². The summed E-state index contributed by atoms with van der Waals surface area (Å²) >= 11 is 0. The number of methoxy groups -OCH3 is 1. The molecule has 0 bridgehead atoms. The number of nitrogen functional groups attached to an aromatic ring is 1. The molecule has 0 radical (unpaired) electrons. The Kier molecular flexibility index (Phi) is 5.59. The number of aromatic nitrogens is 4. The number of carbonyl (C=O) groups excluding carboxylic acids is 1. The predicted octanol–water partition coefficient (Wildman–Crippen LogP) is 3.58. The topological polar surface area (TPSA) is 121 Å². The molecule has 0 aliphatic heterocycles. The molecule has 2 aromatic heterocycles. The molecule has 0 spiro atoms. The van der Waals surface area contributed by atoms with Crippen LogP contribution < -0.4 is 15.8 Å². The molecule has 4 aromatic rings. The third-order valence-electron chi connectivity index (χ3n) is 4.97. The fourth-order valence-corrected chi connectivity index (χ4v) is 3.08.